The molecule has 4 rings (SSSR count). The monoisotopic (exact) mass is 514 g/mol. The second-order valence-corrected chi connectivity index (χ2v) is 10.8. The Morgan fingerprint density at radius 1 is 1.08 bits per heavy atom. The maximum Gasteiger partial charge on any atom is 0.337 e. The van der Waals surface area contributed by atoms with Crippen molar-refractivity contribution in [2.24, 2.45) is 0 Å². The molecule has 2 amide bonds. The first kappa shape index (κ1) is 26.4. The molecule has 2 heterocycles. The van der Waals surface area contributed by atoms with Crippen molar-refractivity contribution in [3.63, 3.8) is 0 Å². The van der Waals surface area contributed by atoms with E-state index < -0.39 is 11.8 Å². The van der Waals surface area contributed by atoms with E-state index in [9.17, 15) is 14.0 Å². The van der Waals surface area contributed by atoms with Gasteiger partial charge in [0.15, 0.2) is 0 Å². The molecule has 2 aliphatic heterocycles. The molecule has 9 heteroatoms. The highest BCUT2D eigenvalue weighted by Crippen LogP contribution is 2.24. The van der Waals surface area contributed by atoms with Crippen molar-refractivity contribution in [1.29, 1.82) is 0 Å². The zero-order valence-corrected chi connectivity index (χ0v) is 22.0. The molecule has 2 fully saturated rings. The predicted molar refractivity (Wildman–Crippen MR) is 142 cm³/mol. The molecule has 194 valence electrons. The molecule has 2 atom stereocenters. The molecular weight excluding hydrogens is 479 g/mol. The lowest BCUT2D eigenvalue weighted by Crippen LogP contribution is -2.53. The fraction of sp³-hybridized carbons (Fsp3) is 0.481. The molecule has 2 aliphatic rings. The maximum atomic E-state index is 14.9. The molecule has 2 aromatic carbocycles. The van der Waals surface area contributed by atoms with Gasteiger partial charge in [-0.3, -0.25) is 9.80 Å². The Kier molecular flexibility index (Phi) is 8.87. The minimum atomic E-state index is -0.594. The van der Waals surface area contributed by atoms with Gasteiger partial charge in [-0.05, 0) is 43.7 Å². The molecule has 2 saturated heterocycles. The summed E-state index contributed by atoms with van der Waals surface area (Å²) in [6.45, 7) is 8.63. The van der Waals surface area contributed by atoms with Gasteiger partial charge < -0.3 is 15.0 Å². The third-order valence-corrected chi connectivity index (χ3v) is 7.54. The Morgan fingerprint density at radius 3 is 2.36 bits per heavy atom. The fourth-order valence-electron chi connectivity index (χ4n) is 4.89. The van der Waals surface area contributed by atoms with Crippen molar-refractivity contribution in [3.8, 4) is 0 Å². The number of urea groups is 1. The number of hydrogen-bond acceptors (Lipinski definition) is 6. The molecule has 0 unspecified atom stereocenters. The number of halogens is 1. The number of rotatable bonds is 6. The van der Waals surface area contributed by atoms with Crippen LogP contribution in [0.5, 0.6) is 0 Å². The Labute approximate surface area is 217 Å². The number of nitrogens with zero attached hydrogens (tertiary/aromatic N) is 3. The summed E-state index contributed by atoms with van der Waals surface area (Å²) in [5.41, 5.74) is 2.39. The second kappa shape index (κ2) is 12.1. The first-order valence-corrected chi connectivity index (χ1v) is 13.6. The van der Waals surface area contributed by atoms with E-state index in [1.165, 1.54) is 24.8 Å². The van der Waals surface area contributed by atoms with Crippen molar-refractivity contribution in [2.45, 2.75) is 39.0 Å². The summed E-state index contributed by atoms with van der Waals surface area (Å²) < 4.78 is 19.6. The van der Waals surface area contributed by atoms with Crippen LogP contribution in [0.4, 0.5) is 14.9 Å². The molecule has 0 bridgehead atoms. The maximum absolute atomic E-state index is 14.9. The van der Waals surface area contributed by atoms with Gasteiger partial charge in [0.25, 0.3) is 0 Å². The minimum Gasteiger partial charge on any atom is -0.465 e. The second-order valence-electron chi connectivity index (χ2n) is 9.60. The summed E-state index contributed by atoms with van der Waals surface area (Å²) >= 11 is 1.83. The van der Waals surface area contributed by atoms with Gasteiger partial charge in [0.05, 0.1) is 19.2 Å². The van der Waals surface area contributed by atoms with Crippen LogP contribution in [0.3, 0.4) is 0 Å². The average molecular weight is 515 g/mol. The number of nitrogens with one attached hydrogen (secondary N) is 1. The summed E-state index contributed by atoms with van der Waals surface area (Å²) in [7, 11) is 1.26. The third-order valence-electron chi connectivity index (χ3n) is 6.60. The molecule has 0 spiro atoms. The SMILES string of the molecule is COC(=O)c1ccc(CN(C(=O)N2CCSCC2)c2ccc(CN3C[C@@H](C)N[C@@H](C)C3)cc2)c(F)c1. The lowest BCUT2D eigenvalue weighted by atomic mass is 10.1. The first-order valence-electron chi connectivity index (χ1n) is 12.4. The number of esters is 1. The molecule has 0 aliphatic carbocycles. The zero-order valence-electron chi connectivity index (χ0n) is 21.2. The van der Waals surface area contributed by atoms with Gasteiger partial charge >= 0.3 is 12.0 Å². The predicted octanol–water partition coefficient (Wildman–Crippen LogP) is 3.97. The number of carbonyl (C=O) groups is 2. The zero-order chi connectivity index (χ0) is 25.7. The highest BCUT2D eigenvalue weighted by atomic mass is 32.2. The van der Waals surface area contributed by atoms with Gasteiger partial charge in [0.1, 0.15) is 5.82 Å². The molecular formula is C27H35FN4O3S. The van der Waals surface area contributed by atoms with Gasteiger partial charge in [-0.1, -0.05) is 18.2 Å². The number of benzene rings is 2. The van der Waals surface area contributed by atoms with Crippen molar-refractivity contribution >= 4 is 29.4 Å². The first-order chi connectivity index (χ1) is 17.3. The van der Waals surface area contributed by atoms with Crippen molar-refractivity contribution in [2.75, 3.05) is 49.7 Å². The Morgan fingerprint density at radius 2 is 1.75 bits per heavy atom. The lowest BCUT2D eigenvalue weighted by Gasteiger charge is -2.36. The van der Waals surface area contributed by atoms with E-state index in [1.54, 1.807) is 11.0 Å². The van der Waals surface area contributed by atoms with Crippen LogP contribution in [-0.2, 0) is 17.8 Å². The van der Waals surface area contributed by atoms with Crippen molar-refractivity contribution in [3.05, 3.63) is 65.0 Å². The van der Waals surface area contributed by atoms with E-state index in [1.807, 2.05) is 28.8 Å². The van der Waals surface area contributed by atoms with Gasteiger partial charge in [-0.2, -0.15) is 11.8 Å². The van der Waals surface area contributed by atoms with E-state index in [2.05, 4.69) is 36.2 Å². The van der Waals surface area contributed by atoms with Crippen LogP contribution >= 0.6 is 11.8 Å². The van der Waals surface area contributed by atoms with E-state index in [0.29, 0.717) is 30.7 Å². The van der Waals surface area contributed by atoms with Gasteiger partial charge in [-0.15, -0.1) is 0 Å². The normalized spacial score (nSPS) is 20.7. The summed E-state index contributed by atoms with van der Waals surface area (Å²) in [5.74, 6) is 0.649. The topological polar surface area (TPSA) is 65.1 Å². The van der Waals surface area contributed by atoms with Crippen molar-refractivity contribution < 1.29 is 18.7 Å². The molecule has 7 nitrogen and oxygen atoms in total. The van der Waals surface area contributed by atoms with E-state index >= 15 is 0 Å². The lowest BCUT2D eigenvalue weighted by molar-refractivity contribution is 0.0600. The fourth-order valence-corrected chi connectivity index (χ4v) is 5.80. The van der Waals surface area contributed by atoms with Crippen LogP contribution in [0, 0.1) is 5.82 Å². The molecule has 36 heavy (non-hydrogen) atoms. The number of ether oxygens (including phenoxy) is 1. The summed E-state index contributed by atoms with van der Waals surface area (Å²) in [5, 5.41) is 3.55. The standard InChI is InChI=1S/C27H35FN4O3S/c1-19-15-30(16-20(2)29-19)17-21-4-8-24(9-5-21)32(27(34)31-10-12-36-13-11-31)18-23-7-6-22(14-25(23)28)26(33)35-3/h4-9,14,19-20,29H,10-13,15-18H2,1-3H3/t19-,20+. The number of hydrogen-bond donors (Lipinski definition) is 1. The van der Waals surface area contributed by atoms with Gasteiger partial charge in [0.2, 0.25) is 0 Å². The summed E-state index contributed by atoms with van der Waals surface area (Å²) in [6.07, 6.45) is 0. The van der Waals surface area contributed by atoms with Crippen LogP contribution in [0.1, 0.15) is 35.3 Å². The largest absolute Gasteiger partial charge is 0.465 e. The van der Waals surface area contributed by atoms with E-state index in [4.69, 9.17) is 4.74 Å². The number of amides is 2. The van der Waals surface area contributed by atoms with Crippen LogP contribution in [0.15, 0.2) is 42.5 Å². The van der Waals surface area contributed by atoms with Gasteiger partial charge in [-0.25, -0.2) is 14.0 Å². The quantitative estimate of drug-likeness (QED) is 0.589. The van der Waals surface area contributed by atoms with Crippen LogP contribution in [-0.4, -0.2) is 78.7 Å². The Balaban J connectivity index is 1.54. The number of piperazine rings is 1. The summed E-state index contributed by atoms with van der Waals surface area (Å²) in [6, 6.07) is 13.0. The van der Waals surface area contributed by atoms with E-state index in [0.717, 1.165) is 36.8 Å². The smallest absolute Gasteiger partial charge is 0.337 e. The molecule has 1 N–H and O–H groups in total. The third kappa shape index (κ3) is 6.57. The molecule has 0 saturated carbocycles. The van der Waals surface area contributed by atoms with Gasteiger partial charge in [0, 0.05) is 67.6 Å². The van der Waals surface area contributed by atoms with Crippen LogP contribution in [0.25, 0.3) is 0 Å². The van der Waals surface area contributed by atoms with E-state index in [-0.39, 0.29) is 18.1 Å². The van der Waals surface area contributed by atoms with Crippen molar-refractivity contribution in [1.82, 2.24) is 15.1 Å². The van der Waals surface area contributed by atoms with Crippen LogP contribution < -0.4 is 10.2 Å². The number of methoxy groups -OCH3 is 1. The van der Waals surface area contributed by atoms with Crippen LogP contribution in [0.2, 0.25) is 0 Å². The highest BCUT2D eigenvalue weighted by molar-refractivity contribution is 7.99. The molecule has 2 aromatic rings. The molecule has 0 aromatic heterocycles. The average Bonchev–Trinajstić information content (AvgIpc) is 2.87. The molecule has 0 radical (unpaired) electrons. The minimum absolute atomic E-state index is 0.0714. The number of thioether (sulfide) groups is 1. The Bertz CT molecular complexity index is 1050. The Hall–Kier alpha value is -2.62. The number of anilines is 1. The summed E-state index contributed by atoms with van der Waals surface area (Å²) in [4.78, 5) is 31.2. The highest BCUT2D eigenvalue weighted by Gasteiger charge is 2.26. The number of carbonyl (C=O) groups excluding carboxylic acids is 2.